The number of benzene rings is 1. The summed E-state index contributed by atoms with van der Waals surface area (Å²) >= 11 is 0. The number of rotatable bonds is 5. The van der Waals surface area contributed by atoms with E-state index < -0.39 is 6.09 Å². The molecule has 1 aliphatic carbocycles. The second-order valence-electron chi connectivity index (χ2n) is 6.03. The van der Waals surface area contributed by atoms with Gasteiger partial charge >= 0.3 is 6.09 Å². The Morgan fingerprint density at radius 2 is 2.08 bits per heavy atom. The van der Waals surface area contributed by atoms with Crippen molar-refractivity contribution in [1.82, 2.24) is 4.90 Å². The van der Waals surface area contributed by atoms with E-state index in [0.29, 0.717) is 6.42 Å². The first-order valence-corrected chi connectivity index (χ1v) is 8.42. The fraction of sp³-hybridized carbons (Fsp3) is 0.300. The summed E-state index contributed by atoms with van der Waals surface area (Å²) in [4.78, 5) is 25.6. The van der Waals surface area contributed by atoms with Gasteiger partial charge in [0.15, 0.2) is 0 Å². The van der Waals surface area contributed by atoms with E-state index in [0.717, 1.165) is 24.0 Å². The Kier molecular flexibility index (Phi) is 5.43. The van der Waals surface area contributed by atoms with Crippen LogP contribution >= 0.6 is 0 Å². The van der Waals surface area contributed by atoms with E-state index in [1.807, 2.05) is 24.3 Å². The summed E-state index contributed by atoms with van der Waals surface area (Å²) in [6, 6.07) is 5.80. The number of carbonyl (C=O) groups is 2. The Morgan fingerprint density at radius 3 is 2.80 bits per heavy atom. The molecule has 3 rings (SSSR count). The van der Waals surface area contributed by atoms with Gasteiger partial charge in [0.1, 0.15) is 18.5 Å². The van der Waals surface area contributed by atoms with Gasteiger partial charge in [0.05, 0.1) is 0 Å². The Hall–Kier alpha value is -2.69. The minimum atomic E-state index is -0.572. The van der Waals surface area contributed by atoms with Gasteiger partial charge < -0.3 is 4.74 Å². The number of amides is 2. The molecule has 1 fully saturated rings. The molecule has 1 aromatic rings. The lowest BCUT2D eigenvalue weighted by atomic mass is 10.00. The van der Waals surface area contributed by atoms with Gasteiger partial charge in [0.2, 0.25) is 5.91 Å². The smallest absolute Gasteiger partial charge is 0.417 e. The van der Waals surface area contributed by atoms with Crippen molar-refractivity contribution in [2.24, 2.45) is 0 Å². The molecular formula is C20H20FNO3. The normalized spacial score (nSPS) is 20.0. The number of ether oxygens (including phenoxy) is 1. The van der Waals surface area contributed by atoms with Crippen LogP contribution in [-0.4, -0.2) is 29.5 Å². The highest BCUT2D eigenvalue weighted by atomic mass is 19.1. The minimum absolute atomic E-state index is 0.214. The maximum Gasteiger partial charge on any atom is 0.417 e. The van der Waals surface area contributed by atoms with E-state index in [1.54, 1.807) is 12.1 Å². The standard InChI is InChI=1S/C20H20FNO3/c21-17-12-10-15(11-13-17)6-4-5-9-19(23)22-18(14-25-20(22)24)16-7-2-1-3-8-16/h2,4,6-8,10-13,18H,1,3,5,9,14H2/b6-4-/t18-/m1/s1. The number of carbonyl (C=O) groups excluding carboxylic acids is 2. The molecule has 1 aliphatic heterocycles. The minimum Gasteiger partial charge on any atom is -0.446 e. The average Bonchev–Trinajstić information content (AvgIpc) is 3.02. The second-order valence-corrected chi connectivity index (χ2v) is 6.03. The van der Waals surface area contributed by atoms with Crippen LogP contribution in [-0.2, 0) is 9.53 Å². The molecular weight excluding hydrogens is 321 g/mol. The van der Waals surface area contributed by atoms with Gasteiger partial charge in [-0.25, -0.2) is 14.1 Å². The van der Waals surface area contributed by atoms with Crippen molar-refractivity contribution >= 4 is 18.1 Å². The van der Waals surface area contributed by atoms with Crippen molar-refractivity contribution in [1.29, 1.82) is 0 Å². The third kappa shape index (κ3) is 4.24. The Labute approximate surface area is 146 Å². The number of halogens is 1. The van der Waals surface area contributed by atoms with E-state index in [2.05, 4.69) is 6.08 Å². The molecule has 0 radical (unpaired) electrons. The van der Waals surface area contributed by atoms with Crippen LogP contribution in [0, 0.1) is 5.82 Å². The summed E-state index contributed by atoms with van der Waals surface area (Å²) in [5.41, 5.74) is 1.83. The zero-order valence-corrected chi connectivity index (χ0v) is 13.9. The predicted molar refractivity (Wildman–Crippen MR) is 93.1 cm³/mol. The third-order valence-electron chi connectivity index (χ3n) is 4.26. The van der Waals surface area contributed by atoms with E-state index in [4.69, 9.17) is 4.74 Å². The molecule has 0 unspecified atom stereocenters. The largest absolute Gasteiger partial charge is 0.446 e. The van der Waals surface area contributed by atoms with Gasteiger partial charge in [0, 0.05) is 6.42 Å². The Morgan fingerprint density at radius 1 is 1.28 bits per heavy atom. The summed E-state index contributed by atoms with van der Waals surface area (Å²) < 4.78 is 17.9. The number of imide groups is 1. The molecule has 1 aromatic carbocycles. The molecule has 1 saturated heterocycles. The quantitative estimate of drug-likeness (QED) is 0.805. The highest BCUT2D eigenvalue weighted by molar-refractivity contribution is 5.94. The first kappa shape index (κ1) is 17.1. The van der Waals surface area contributed by atoms with Gasteiger partial charge in [-0.1, -0.05) is 42.5 Å². The van der Waals surface area contributed by atoms with Crippen LogP contribution in [0.25, 0.3) is 6.08 Å². The molecule has 0 aromatic heterocycles. The third-order valence-corrected chi connectivity index (χ3v) is 4.26. The number of cyclic esters (lactones) is 1. The summed E-state index contributed by atoms with van der Waals surface area (Å²) in [6.45, 7) is 0.214. The van der Waals surface area contributed by atoms with Crippen molar-refractivity contribution in [2.75, 3.05) is 6.61 Å². The first-order valence-electron chi connectivity index (χ1n) is 8.42. The molecule has 0 N–H and O–H groups in total. The molecule has 1 heterocycles. The van der Waals surface area contributed by atoms with Crippen molar-refractivity contribution in [3.8, 4) is 0 Å². The fourth-order valence-corrected chi connectivity index (χ4v) is 2.94. The lowest BCUT2D eigenvalue weighted by Crippen LogP contribution is -2.39. The summed E-state index contributed by atoms with van der Waals surface area (Å²) in [5, 5.41) is 0. The summed E-state index contributed by atoms with van der Waals surface area (Å²) in [5.74, 6) is -0.520. The lowest BCUT2D eigenvalue weighted by molar-refractivity contribution is -0.128. The van der Waals surface area contributed by atoms with Crippen LogP contribution in [0.3, 0.4) is 0 Å². The number of hydrogen-bond donors (Lipinski definition) is 0. The topological polar surface area (TPSA) is 46.6 Å². The van der Waals surface area contributed by atoms with Crippen LogP contribution in [0.4, 0.5) is 9.18 Å². The number of hydrogen-bond acceptors (Lipinski definition) is 3. The second kappa shape index (κ2) is 7.92. The van der Waals surface area contributed by atoms with Crippen molar-refractivity contribution in [2.45, 2.75) is 31.7 Å². The SMILES string of the molecule is O=C(CC/C=C\c1ccc(F)cc1)N1C(=O)OC[C@@H]1C1=CCCC=C1. The summed E-state index contributed by atoms with van der Waals surface area (Å²) in [7, 11) is 0. The highest BCUT2D eigenvalue weighted by Gasteiger charge is 2.38. The summed E-state index contributed by atoms with van der Waals surface area (Å²) in [6.07, 6.45) is 11.8. The van der Waals surface area contributed by atoms with Gasteiger partial charge in [-0.15, -0.1) is 0 Å². The average molecular weight is 341 g/mol. The van der Waals surface area contributed by atoms with Crippen molar-refractivity contribution in [3.63, 3.8) is 0 Å². The molecule has 0 bridgehead atoms. The van der Waals surface area contributed by atoms with Crippen LogP contribution in [0.5, 0.6) is 0 Å². The molecule has 2 aliphatic rings. The predicted octanol–water partition coefficient (Wildman–Crippen LogP) is 4.24. The maximum absolute atomic E-state index is 12.9. The molecule has 2 amide bonds. The van der Waals surface area contributed by atoms with Gasteiger partial charge in [-0.3, -0.25) is 4.79 Å². The van der Waals surface area contributed by atoms with Gasteiger partial charge in [-0.05, 0) is 42.5 Å². The highest BCUT2D eigenvalue weighted by Crippen LogP contribution is 2.24. The molecule has 5 heteroatoms. The van der Waals surface area contributed by atoms with E-state index in [1.165, 1.54) is 17.0 Å². The fourth-order valence-electron chi connectivity index (χ4n) is 2.94. The molecule has 0 spiro atoms. The molecule has 25 heavy (non-hydrogen) atoms. The van der Waals surface area contributed by atoms with Crippen molar-refractivity contribution < 1.29 is 18.7 Å². The monoisotopic (exact) mass is 341 g/mol. The zero-order chi connectivity index (χ0) is 17.6. The van der Waals surface area contributed by atoms with Crippen LogP contribution < -0.4 is 0 Å². The van der Waals surface area contributed by atoms with E-state index in [-0.39, 0.29) is 30.8 Å². The Balaban J connectivity index is 1.57. The van der Waals surface area contributed by atoms with Crippen LogP contribution in [0.1, 0.15) is 31.2 Å². The van der Waals surface area contributed by atoms with Crippen LogP contribution in [0.15, 0.2) is 54.1 Å². The molecule has 4 nitrogen and oxygen atoms in total. The van der Waals surface area contributed by atoms with Crippen molar-refractivity contribution in [3.05, 3.63) is 65.5 Å². The molecule has 1 atom stereocenters. The number of allylic oxidation sites excluding steroid dienone is 3. The number of nitrogens with zero attached hydrogens (tertiary/aromatic N) is 1. The molecule has 0 saturated carbocycles. The van der Waals surface area contributed by atoms with Gasteiger partial charge in [-0.2, -0.15) is 0 Å². The molecule has 130 valence electrons. The Bertz CT molecular complexity index is 734. The lowest BCUT2D eigenvalue weighted by Gasteiger charge is -2.21. The van der Waals surface area contributed by atoms with Gasteiger partial charge in [0.25, 0.3) is 0 Å². The maximum atomic E-state index is 12.9. The zero-order valence-electron chi connectivity index (χ0n) is 13.9. The van der Waals surface area contributed by atoms with Crippen LogP contribution in [0.2, 0.25) is 0 Å². The van der Waals surface area contributed by atoms with E-state index in [9.17, 15) is 14.0 Å². The van der Waals surface area contributed by atoms with E-state index >= 15 is 0 Å². The first-order chi connectivity index (χ1) is 12.1.